The molecule has 0 aliphatic rings. The summed E-state index contributed by atoms with van der Waals surface area (Å²) in [5, 5.41) is 0.767. The monoisotopic (exact) mass is 426 g/mol. The number of rotatable bonds is 3. The van der Waals surface area contributed by atoms with E-state index in [2.05, 4.69) is 25.8 Å². The first-order valence-electron chi connectivity index (χ1n) is 9.83. The van der Waals surface area contributed by atoms with Crippen LogP contribution in [0.1, 0.15) is 20.7 Å². The van der Waals surface area contributed by atoms with Crippen LogP contribution in [0, 0.1) is 0 Å². The van der Waals surface area contributed by atoms with E-state index in [1.54, 1.807) is 37.6 Å². The number of carbonyl (C=O) groups excluding carboxylic acids is 2. The number of hydrogen-bond acceptors (Lipinski definition) is 4. The van der Waals surface area contributed by atoms with Crippen LogP contribution in [0.4, 0.5) is 0 Å². The zero-order chi connectivity index (χ0) is 22.2. The number of aryl methyl sites for hydroxylation is 1. The summed E-state index contributed by atoms with van der Waals surface area (Å²) in [6, 6.07) is 16.2. The van der Waals surface area contributed by atoms with Crippen LogP contribution < -0.4 is 16.5 Å². The quantitative estimate of drug-likeness (QED) is 0.331. The summed E-state index contributed by atoms with van der Waals surface area (Å²) in [4.78, 5) is 46.9. The Morgan fingerprint density at radius 2 is 1.78 bits per heavy atom. The van der Waals surface area contributed by atoms with Crippen molar-refractivity contribution in [3.8, 4) is 11.1 Å². The van der Waals surface area contributed by atoms with Gasteiger partial charge in [0.15, 0.2) is 5.65 Å². The maximum Gasteiger partial charge on any atom is 0.327 e. The highest BCUT2D eigenvalue weighted by atomic mass is 16.2. The SMILES string of the molecule is Cn1c(=O)[nH]c2ncc(-c3cccc(C(=O)NNC(=O)c4c[nH]c5ccccc45)c3)cc21. The maximum absolute atomic E-state index is 12.6. The number of fused-ring (bicyclic) bond motifs is 2. The van der Waals surface area contributed by atoms with E-state index >= 15 is 0 Å². The van der Waals surface area contributed by atoms with E-state index in [0.717, 1.165) is 22.0 Å². The molecule has 0 fully saturated rings. The molecular formula is C23H18N6O3. The Hall–Kier alpha value is -4.66. The van der Waals surface area contributed by atoms with Gasteiger partial charge in [-0.3, -0.25) is 30.0 Å². The number of carbonyl (C=O) groups is 2. The van der Waals surface area contributed by atoms with Crippen molar-refractivity contribution in [3.63, 3.8) is 0 Å². The van der Waals surface area contributed by atoms with E-state index in [1.807, 2.05) is 36.4 Å². The van der Waals surface area contributed by atoms with Crippen LogP contribution in [0.3, 0.4) is 0 Å². The molecule has 0 bridgehead atoms. The molecule has 3 heterocycles. The fourth-order valence-electron chi connectivity index (χ4n) is 3.61. The molecule has 0 saturated heterocycles. The Kier molecular flexibility index (Phi) is 4.55. The number of benzene rings is 2. The molecule has 0 radical (unpaired) electrons. The molecular weight excluding hydrogens is 408 g/mol. The van der Waals surface area contributed by atoms with Crippen molar-refractivity contribution < 1.29 is 9.59 Å². The van der Waals surface area contributed by atoms with Crippen molar-refractivity contribution in [1.29, 1.82) is 0 Å². The Morgan fingerprint density at radius 1 is 0.969 bits per heavy atom. The number of amides is 2. The first-order valence-corrected chi connectivity index (χ1v) is 9.83. The van der Waals surface area contributed by atoms with Crippen molar-refractivity contribution in [1.82, 2.24) is 30.4 Å². The van der Waals surface area contributed by atoms with Crippen molar-refractivity contribution in [2.75, 3.05) is 0 Å². The Balaban J connectivity index is 1.35. The highest BCUT2D eigenvalue weighted by Crippen LogP contribution is 2.22. The van der Waals surface area contributed by atoms with Gasteiger partial charge in [0.25, 0.3) is 11.8 Å². The highest BCUT2D eigenvalue weighted by Gasteiger charge is 2.14. The second kappa shape index (κ2) is 7.55. The van der Waals surface area contributed by atoms with Crippen LogP contribution in [-0.4, -0.2) is 31.3 Å². The average molecular weight is 426 g/mol. The summed E-state index contributed by atoms with van der Waals surface area (Å²) in [6.45, 7) is 0. The minimum Gasteiger partial charge on any atom is -0.360 e. The predicted octanol–water partition coefficient (Wildman–Crippen LogP) is 2.48. The fourth-order valence-corrected chi connectivity index (χ4v) is 3.61. The molecule has 0 aliphatic heterocycles. The summed E-state index contributed by atoms with van der Waals surface area (Å²) >= 11 is 0. The lowest BCUT2D eigenvalue weighted by molar-refractivity contribution is 0.0847. The number of aromatic nitrogens is 4. The molecule has 0 saturated carbocycles. The molecule has 158 valence electrons. The molecule has 9 heteroatoms. The number of pyridine rings is 1. The Morgan fingerprint density at radius 3 is 2.66 bits per heavy atom. The zero-order valence-corrected chi connectivity index (χ0v) is 17.0. The van der Waals surface area contributed by atoms with E-state index in [9.17, 15) is 14.4 Å². The van der Waals surface area contributed by atoms with Crippen LogP contribution in [0.2, 0.25) is 0 Å². The van der Waals surface area contributed by atoms with Crippen molar-refractivity contribution in [2.24, 2.45) is 7.05 Å². The van der Waals surface area contributed by atoms with Gasteiger partial charge in [0, 0.05) is 41.5 Å². The van der Waals surface area contributed by atoms with Crippen molar-refractivity contribution in [3.05, 3.63) is 88.6 Å². The summed E-state index contributed by atoms with van der Waals surface area (Å²) in [5.41, 5.74) is 8.96. The third kappa shape index (κ3) is 3.31. The molecule has 32 heavy (non-hydrogen) atoms. The van der Waals surface area contributed by atoms with Crippen molar-refractivity contribution in [2.45, 2.75) is 0 Å². The average Bonchev–Trinajstić information content (AvgIpc) is 3.38. The number of aromatic amines is 2. The molecule has 0 aliphatic carbocycles. The molecule has 3 aromatic heterocycles. The van der Waals surface area contributed by atoms with Gasteiger partial charge >= 0.3 is 5.69 Å². The lowest BCUT2D eigenvalue weighted by atomic mass is 10.0. The molecule has 0 spiro atoms. The van der Waals surface area contributed by atoms with Gasteiger partial charge in [-0.25, -0.2) is 9.78 Å². The molecule has 4 N–H and O–H groups in total. The van der Waals surface area contributed by atoms with Crippen LogP contribution >= 0.6 is 0 Å². The topological polar surface area (TPSA) is 125 Å². The fraction of sp³-hybridized carbons (Fsp3) is 0.0435. The molecule has 2 aromatic carbocycles. The largest absolute Gasteiger partial charge is 0.360 e. The number of nitrogens with zero attached hydrogens (tertiary/aromatic N) is 2. The molecule has 0 unspecified atom stereocenters. The summed E-state index contributed by atoms with van der Waals surface area (Å²) in [5.74, 6) is -0.877. The minimum absolute atomic E-state index is 0.247. The zero-order valence-electron chi connectivity index (χ0n) is 17.0. The van der Waals surface area contributed by atoms with Gasteiger partial charge in [0.1, 0.15) is 0 Å². The van der Waals surface area contributed by atoms with Gasteiger partial charge in [-0.15, -0.1) is 0 Å². The molecule has 5 rings (SSSR count). The Labute approximate surface area is 181 Å². The lowest BCUT2D eigenvalue weighted by Crippen LogP contribution is -2.41. The minimum atomic E-state index is -0.455. The van der Waals surface area contributed by atoms with Crippen LogP contribution in [0.25, 0.3) is 33.2 Å². The van der Waals surface area contributed by atoms with Gasteiger partial charge in [-0.2, -0.15) is 0 Å². The van der Waals surface area contributed by atoms with Gasteiger partial charge in [-0.05, 0) is 29.8 Å². The number of hydrogen-bond donors (Lipinski definition) is 4. The number of nitrogens with one attached hydrogen (secondary N) is 4. The summed E-state index contributed by atoms with van der Waals surface area (Å²) in [7, 11) is 1.66. The smallest absolute Gasteiger partial charge is 0.327 e. The van der Waals surface area contributed by atoms with E-state index in [-0.39, 0.29) is 5.69 Å². The maximum atomic E-state index is 12.6. The second-order valence-electron chi connectivity index (χ2n) is 7.32. The first kappa shape index (κ1) is 19.3. The number of imidazole rings is 1. The van der Waals surface area contributed by atoms with Gasteiger partial charge in [-0.1, -0.05) is 30.3 Å². The van der Waals surface area contributed by atoms with E-state index in [0.29, 0.717) is 22.3 Å². The molecule has 0 atom stereocenters. The first-order chi connectivity index (χ1) is 15.5. The number of para-hydroxylation sites is 1. The third-order valence-corrected chi connectivity index (χ3v) is 5.34. The van der Waals surface area contributed by atoms with Gasteiger partial charge < -0.3 is 4.98 Å². The predicted molar refractivity (Wildman–Crippen MR) is 120 cm³/mol. The molecule has 2 amide bonds. The van der Waals surface area contributed by atoms with Crippen molar-refractivity contribution >= 4 is 33.9 Å². The van der Waals surface area contributed by atoms with Crippen LogP contribution in [0.5, 0.6) is 0 Å². The van der Waals surface area contributed by atoms with Crippen LogP contribution in [0.15, 0.2) is 71.8 Å². The molecule has 9 nitrogen and oxygen atoms in total. The van der Waals surface area contributed by atoms with Crippen LogP contribution in [-0.2, 0) is 7.05 Å². The molecule has 5 aromatic rings. The summed E-state index contributed by atoms with van der Waals surface area (Å²) in [6.07, 6.45) is 3.23. The van der Waals surface area contributed by atoms with Gasteiger partial charge in [0.05, 0.1) is 11.1 Å². The lowest BCUT2D eigenvalue weighted by Gasteiger charge is -2.09. The highest BCUT2D eigenvalue weighted by molar-refractivity contribution is 6.07. The normalized spacial score (nSPS) is 11.0. The standard InChI is InChI=1S/C23H18N6O3/c1-29-19-10-15(11-25-20(19)26-23(29)32)13-5-4-6-14(9-13)21(30)27-28-22(31)17-12-24-18-8-3-2-7-16(17)18/h2-12,24H,1H3,(H,27,30)(H,28,31)(H,25,26,32). The van der Waals surface area contributed by atoms with E-state index in [4.69, 9.17) is 0 Å². The van der Waals surface area contributed by atoms with Gasteiger partial charge in [0.2, 0.25) is 0 Å². The summed E-state index contributed by atoms with van der Waals surface area (Å²) < 4.78 is 1.47. The number of H-pyrrole nitrogens is 2. The second-order valence-corrected chi connectivity index (χ2v) is 7.32. The van der Waals surface area contributed by atoms with E-state index in [1.165, 1.54) is 4.57 Å². The van der Waals surface area contributed by atoms with E-state index < -0.39 is 11.8 Å². The Bertz CT molecular complexity index is 1560. The third-order valence-electron chi connectivity index (χ3n) is 5.34. The number of hydrazine groups is 1.